The number of ether oxygens (including phenoxy) is 1. The van der Waals surface area contributed by atoms with Crippen molar-refractivity contribution in [2.45, 2.75) is 19.0 Å². The molecule has 1 atom stereocenters. The van der Waals surface area contributed by atoms with Crippen molar-refractivity contribution in [3.63, 3.8) is 0 Å². The number of fused-ring (bicyclic) bond motifs is 1. The second-order valence-corrected chi connectivity index (χ2v) is 3.55. The number of benzene rings is 1. The standard InChI is InChI=1S/C10H10ClNO3/c1-2-9(14)12-7-4-3-6(13)5-8(7)15-10(12)11/h3-5,10,13H,2H2,1H3. The number of aromatic hydroxyl groups is 1. The Morgan fingerprint density at radius 3 is 3.07 bits per heavy atom. The number of alkyl halides is 1. The Morgan fingerprint density at radius 1 is 1.67 bits per heavy atom. The Morgan fingerprint density at radius 2 is 2.40 bits per heavy atom. The summed E-state index contributed by atoms with van der Waals surface area (Å²) >= 11 is 5.87. The second-order valence-electron chi connectivity index (χ2n) is 3.18. The largest absolute Gasteiger partial charge is 0.508 e. The predicted octanol–water partition coefficient (Wildman–Crippen LogP) is 2.05. The van der Waals surface area contributed by atoms with Crippen LogP contribution >= 0.6 is 11.6 Å². The first kappa shape index (κ1) is 10.1. The molecule has 1 aromatic carbocycles. The molecule has 1 amide bonds. The zero-order valence-corrected chi connectivity index (χ0v) is 8.86. The molecule has 15 heavy (non-hydrogen) atoms. The van der Waals surface area contributed by atoms with Gasteiger partial charge < -0.3 is 9.84 Å². The van der Waals surface area contributed by atoms with Crippen molar-refractivity contribution >= 4 is 23.2 Å². The fourth-order valence-electron chi connectivity index (χ4n) is 1.48. The van der Waals surface area contributed by atoms with Crippen LogP contribution in [0.4, 0.5) is 5.69 Å². The van der Waals surface area contributed by atoms with Gasteiger partial charge in [-0.15, -0.1) is 0 Å². The number of nitrogens with zero attached hydrogens (tertiary/aromatic N) is 1. The molecule has 0 bridgehead atoms. The summed E-state index contributed by atoms with van der Waals surface area (Å²) in [6.45, 7) is 1.75. The van der Waals surface area contributed by atoms with Gasteiger partial charge in [-0.3, -0.25) is 9.69 Å². The van der Waals surface area contributed by atoms with Gasteiger partial charge in [0, 0.05) is 12.5 Å². The molecule has 0 saturated carbocycles. The first-order chi connectivity index (χ1) is 7.13. The minimum absolute atomic E-state index is 0.0865. The first-order valence-corrected chi connectivity index (χ1v) is 5.03. The maximum absolute atomic E-state index is 11.6. The summed E-state index contributed by atoms with van der Waals surface area (Å²) in [5.41, 5.74) is -0.228. The van der Waals surface area contributed by atoms with Gasteiger partial charge in [-0.25, -0.2) is 0 Å². The van der Waals surface area contributed by atoms with Crippen LogP contribution in [0, 0.1) is 0 Å². The Hall–Kier alpha value is -1.42. The fraction of sp³-hybridized carbons (Fsp3) is 0.300. The van der Waals surface area contributed by atoms with Gasteiger partial charge in [-0.05, 0) is 12.1 Å². The van der Waals surface area contributed by atoms with Crippen molar-refractivity contribution in [1.82, 2.24) is 0 Å². The van der Waals surface area contributed by atoms with Crippen LogP contribution < -0.4 is 9.64 Å². The highest BCUT2D eigenvalue weighted by molar-refractivity contribution is 6.24. The van der Waals surface area contributed by atoms with Gasteiger partial charge in [-0.1, -0.05) is 18.5 Å². The smallest absolute Gasteiger partial charge is 0.256 e. The second kappa shape index (κ2) is 3.62. The van der Waals surface area contributed by atoms with Gasteiger partial charge in [0.2, 0.25) is 5.91 Å². The normalized spacial score (nSPS) is 18.5. The molecule has 1 aromatic rings. The molecule has 1 heterocycles. The molecule has 5 heteroatoms. The zero-order chi connectivity index (χ0) is 11.0. The molecule has 1 aliphatic heterocycles. The number of phenolic OH excluding ortho intramolecular Hbond substituents is 1. The molecule has 0 fully saturated rings. The fourth-order valence-corrected chi connectivity index (χ4v) is 1.79. The maximum Gasteiger partial charge on any atom is 0.256 e. The number of carbonyl (C=O) groups is 1. The number of anilines is 1. The topological polar surface area (TPSA) is 49.8 Å². The monoisotopic (exact) mass is 227 g/mol. The number of phenols is 1. The third-order valence-corrected chi connectivity index (χ3v) is 2.49. The highest BCUT2D eigenvalue weighted by Gasteiger charge is 2.33. The highest BCUT2D eigenvalue weighted by atomic mass is 35.5. The van der Waals surface area contributed by atoms with Crippen molar-refractivity contribution in [2.24, 2.45) is 0 Å². The van der Waals surface area contributed by atoms with E-state index in [4.69, 9.17) is 16.3 Å². The summed E-state index contributed by atoms with van der Waals surface area (Å²) in [7, 11) is 0. The summed E-state index contributed by atoms with van der Waals surface area (Å²) in [4.78, 5) is 12.9. The number of rotatable bonds is 1. The van der Waals surface area contributed by atoms with E-state index in [2.05, 4.69) is 0 Å². The summed E-state index contributed by atoms with van der Waals surface area (Å²) in [5, 5.41) is 9.24. The van der Waals surface area contributed by atoms with Crippen LogP contribution in [-0.4, -0.2) is 16.7 Å². The Bertz CT molecular complexity index is 408. The predicted molar refractivity (Wildman–Crippen MR) is 56.2 cm³/mol. The van der Waals surface area contributed by atoms with Crippen LogP contribution in [0.1, 0.15) is 13.3 Å². The van der Waals surface area contributed by atoms with E-state index in [1.165, 1.54) is 17.0 Å². The lowest BCUT2D eigenvalue weighted by molar-refractivity contribution is -0.118. The van der Waals surface area contributed by atoms with E-state index < -0.39 is 5.69 Å². The Labute approximate surface area is 92.0 Å². The third-order valence-electron chi connectivity index (χ3n) is 2.20. The van der Waals surface area contributed by atoms with Crippen molar-refractivity contribution in [2.75, 3.05) is 4.90 Å². The number of amides is 1. The van der Waals surface area contributed by atoms with E-state index in [1.54, 1.807) is 13.0 Å². The lowest BCUT2D eigenvalue weighted by atomic mass is 10.2. The van der Waals surface area contributed by atoms with E-state index in [9.17, 15) is 9.90 Å². The van der Waals surface area contributed by atoms with Crippen LogP contribution in [0.5, 0.6) is 11.5 Å². The van der Waals surface area contributed by atoms with Crippen molar-refractivity contribution in [1.29, 1.82) is 0 Å². The number of carbonyl (C=O) groups excluding carboxylic acids is 1. The first-order valence-electron chi connectivity index (χ1n) is 4.59. The lowest BCUT2D eigenvalue weighted by Gasteiger charge is -2.17. The number of hydrogen-bond donors (Lipinski definition) is 1. The van der Waals surface area contributed by atoms with Crippen LogP contribution in [0.2, 0.25) is 0 Å². The lowest BCUT2D eigenvalue weighted by Crippen LogP contribution is -2.35. The number of halogens is 1. The molecule has 1 aliphatic rings. The van der Waals surface area contributed by atoms with Crippen molar-refractivity contribution in [3.05, 3.63) is 18.2 Å². The average Bonchev–Trinajstić information content (AvgIpc) is 2.52. The molecular weight excluding hydrogens is 218 g/mol. The van der Waals surface area contributed by atoms with E-state index in [-0.39, 0.29) is 11.7 Å². The van der Waals surface area contributed by atoms with E-state index in [0.717, 1.165) is 0 Å². The number of hydrogen-bond acceptors (Lipinski definition) is 3. The van der Waals surface area contributed by atoms with Crippen LogP contribution in [0.3, 0.4) is 0 Å². The zero-order valence-electron chi connectivity index (χ0n) is 8.11. The molecule has 1 unspecified atom stereocenters. The van der Waals surface area contributed by atoms with Gasteiger partial charge in [0.15, 0.2) is 5.75 Å². The van der Waals surface area contributed by atoms with Crippen molar-refractivity contribution in [3.8, 4) is 11.5 Å². The Kier molecular flexibility index (Phi) is 2.44. The molecule has 4 nitrogen and oxygen atoms in total. The minimum atomic E-state index is -0.825. The molecule has 80 valence electrons. The molecule has 0 aromatic heterocycles. The Balaban J connectivity index is 2.41. The van der Waals surface area contributed by atoms with Gasteiger partial charge in [0.05, 0.1) is 5.69 Å². The summed E-state index contributed by atoms with van der Waals surface area (Å²) in [6.07, 6.45) is 0.354. The average molecular weight is 228 g/mol. The van der Waals surface area contributed by atoms with Gasteiger partial charge >= 0.3 is 0 Å². The van der Waals surface area contributed by atoms with E-state index in [1.807, 2.05) is 0 Å². The van der Waals surface area contributed by atoms with Gasteiger partial charge in [0.25, 0.3) is 5.69 Å². The molecule has 0 aliphatic carbocycles. The van der Waals surface area contributed by atoms with Gasteiger partial charge in [0.1, 0.15) is 5.75 Å². The summed E-state index contributed by atoms with van der Waals surface area (Å²) in [5.74, 6) is 0.402. The maximum atomic E-state index is 11.6. The third kappa shape index (κ3) is 1.61. The van der Waals surface area contributed by atoms with Gasteiger partial charge in [-0.2, -0.15) is 0 Å². The van der Waals surface area contributed by atoms with E-state index >= 15 is 0 Å². The van der Waals surface area contributed by atoms with Crippen LogP contribution in [0.15, 0.2) is 18.2 Å². The SMILES string of the molecule is CCC(=O)N1c2ccc(O)cc2OC1Cl. The summed E-state index contributed by atoms with van der Waals surface area (Å²) < 4.78 is 5.23. The molecule has 2 rings (SSSR count). The quantitative estimate of drug-likeness (QED) is 0.590. The molecule has 0 radical (unpaired) electrons. The van der Waals surface area contributed by atoms with Crippen molar-refractivity contribution < 1.29 is 14.6 Å². The summed E-state index contributed by atoms with van der Waals surface area (Å²) in [6, 6.07) is 4.54. The molecular formula is C10H10ClNO3. The van der Waals surface area contributed by atoms with Crippen LogP contribution in [-0.2, 0) is 4.79 Å². The molecule has 1 N–H and O–H groups in total. The van der Waals surface area contributed by atoms with E-state index in [0.29, 0.717) is 17.9 Å². The minimum Gasteiger partial charge on any atom is -0.508 e. The molecule has 0 saturated heterocycles. The van der Waals surface area contributed by atoms with Crippen LogP contribution in [0.25, 0.3) is 0 Å². The highest BCUT2D eigenvalue weighted by Crippen LogP contribution is 2.40. The molecule has 0 spiro atoms.